The standard InChI is InChI=1S/C48H30N2O2/c1-2-14-39-32(8-1)9-7-17-40(39)33-20-18-31(19-21-33)34-22-23-43-44(30-34)46(36-11-6-13-38(29-36)48-50-25-27-52-48)42-16-4-3-15-41(42)45(43)35-10-5-12-37(28-35)47-49-24-26-51-47/h1-30H. The Labute approximate surface area is 300 Å². The Hall–Kier alpha value is -7.04. The molecular formula is C48H30N2O2. The van der Waals surface area contributed by atoms with Gasteiger partial charge in [-0.2, -0.15) is 0 Å². The van der Waals surface area contributed by atoms with Crippen LogP contribution in [0.25, 0.3) is 99.7 Å². The van der Waals surface area contributed by atoms with E-state index in [9.17, 15) is 0 Å². The van der Waals surface area contributed by atoms with Crippen LogP contribution < -0.4 is 0 Å². The zero-order valence-corrected chi connectivity index (χ0v) is 28.0. The highest BCUT2D eigenvalue weighted by molar-refractivity contribution is 6.22. The lowest BCUT2D eigenvalue weighted by molar-refractivity contribution is 0.574. The van der Waals surface area contributed by atoms with Crippen molar-refractivity contribution >= 4 is 32.3 Å². The number of aromatic nitrogens is 2. The van der Waals surface area contributed by atoms with Gasteiger partial charge in [-0.05, 0) is 107 Å². The van der Waals surface area contributed by atoms with Crippen molar-refractivity contribution in [1.29, 1.82) is 0 Å². The molecular weight excluding hydrogens is 637 g/mol. The second kappa shape index (κ2) is 12.4. The third kappa shape index (κ3) is 5.09. The zero-order chi connectivity index (χ0) is 34.4. The van der Waals surface area contributed by atoms with Crippen molar-refractivity contribution in [3.05, 3.63) is 183 Å². The highest BCUT2D eigenvalue weighted by atomic mass is 16.3. The molecule has 8 aromatic carbocycles. The minimum Gasteiger partial charge on any atom is -0.445 e. The molecule has 0 radical (unpaired) electrons. The fourth-order valence-electron chi connectivity index (χ4n) is 7.65. The van der Waals surface area contributed by atoms with Crippen LogP contribution in [0.3, 0.4) is 0 Å². The first-order valence-corrected chi connectivity index (χ1v) is 17.4. The Bertz CT molecular complexity index is 2880. The molecule has 0 unspecified atom stereocenters. The minimum atomic E-state index is 0.599. The summed E-state index contributed by atoms with van der Waals surface area (Å²) in [5, 5.41) is 7.16. The lowest BCUT2D eigenvalue weighted by Gasteiger charge is -2.19. The Balaban J connectivity index is 1.20. The summed E-state index contributed by atoms with van der Waals surface area (Å²) in [6.07, 6.45) is 6.60. The fraction of sp³-hybridized carbons (Fsp3) is 0. The SMILES string of the molecule is c1cc(-c2ncco2)cc(-c2c3ccccc3c(-c3cccc(-c4ncco4)c3)c3cc(-c4ccc(-c5cccc6ccccc56)cc4)ccc23)c1. The molecule has 0 spiro atoms. The molecule has 0 aliphatic heterocycles. The van der Waals surface area contributed by atoms with E-state index in [4.69, 9.17) is 8.83 Å². The third-order valence-electron chi connectivity index (χ3n) is 10.0. The van der Waals surface area contributed by atoms with Crippen LogP contribution in [0, 0.1) is 0 Å². The lowest BCUT2D eigenvalue weighted by atomic mass is 9.84. The summed E-state index contributed by atoms with van der Waals surface area (Å²) in [5.74, 6) is 1.20. The topological polar surface area (TPSA) is 52.1 Å². The van der Waals surface area contributed by atoms with Gasteiger partial charge in [0.05, 0.1) is 12.4 Å². The van der Waals surface area contributed by atoms with Gasteiger partial charge in [-0.3, -0.25) is 0 Å². The number of rotatable bonds is 6. The third-order valence-corrected chi connectivity index (χ3v) is 10.0. The Morgan fingerprint density at radius 2 is 0.827 bits per heavy atom. The molecule has 0 saturated carbocycles. The highest BCUT2D eigenvalue weighted by Crippen LogP contribution is 2.46. The van der Waals surface area contributed by atoms with Crippen LogP contribution in [-0.2, 0) is 0 Å². The monoisotopic (exact) mass is 666 g/mol. The van der Waals surface area contributed by atoms with E-state index < -0.39 is 0 Å². The first-order valence-electron chi connectivity index (χ1n) is 17.4. The number of benzene rings is 8. The molecule has 0 fully saturated rings. The maximum absolute atomic E-state index is 5.72. The molecule has 244 valence electrons. The molecule has 2 aromatic heterocycles. The van der Waals surface area contributed by atoms with E-state index in [1.807, 2.05) is 12.1 Å². The van der Waals surface area contributed by atoms with E-state index in [1.165, 1.54) is 43.8 Å². The quantitative estimate of drug-likeness (QED) is 0.166. The van der Waals surface area contributed by atoms with Gasteiger partial charge in [0.15, 0.2) is 0 Å². The predicted molar refractivity (Wildman–Crippen MR) is 212 cm³/mol. The fourth-order valence-corrected chi connectivity index (χ4v) is 7.65. The van der Waals surface area contributed by atoms with Crippen LogP contribution in [0.5, 0.6) is 0 Å². The van der Waals surface area contributed by atoms with Crippen molar-refractivity contribution in [3.63, 3.8) is 0 Å². The van der Waals surface area contributed by atoms with Gasteiger partial charge < -0.3 is 8.83 Å². The summed E-state index contributed by atoms with van der Waals surface area (Å²) in [4.78, 5) is 8.88. The molecule has 0 aliphatic carbocycles. The first-order chi connectivity index (χ1) is 25.8. The van der Waals surface area contributed by atoms with Crippen molar-refractivity contribution in [2.45, 2.75) is 0 Å². The van der Waals surface area contributed by atoms with Crippen molar-refractivity contribution < 1.29 is 8.83 Å². The number of fused-ring (bicyclic) bond motifs is 3. The Morgan fingerprint density at radius 1 is 0.327 bits per heavy atom. The highest BCUT2D eigenvalue weighted by Gasteiger charge is 2.19. The normalized spacial score (nSPS) is 11.5. The minimum absolute atomic E-state index is 0.599. The second-order valence-electron chi connectivity index (χ2n) is 13.0. The summed E-state index contributed by atoms with van der Waals surface area (Å²) < 4.78 is 11.4. The number of hydrogen-bond donors (Lipinski definition) is 0. The van der Waals surface area contributed by atoms with Gasteiger partial charge in [0.2, 0.25) is 11.8 Å². The molecule has 0 amide bonds. The van der Waals surface area contributed by atoms with Gasteiger partial charge >= 0.3 is 0 Å². The largest absolute Gasteiger partial charge is 0.445 e. The van der Waals surface area contributed by atoms with Gasteiger partial charge in [0.1, 0.15) is 12.5 Å². The molecule has 0 aliphatic rings. The van der Waals surface area contributed by atoms with E-state index in [-0.39, 0.29) is 0 Å². The zero-order valence-electron chi connectivity index (χ0n) is 28.0. The van der Waals surface area contributed by atoms with Crippen molar-refractivity contribution in [2.24, 2.45) is 0 Å². The van der Waals surface area contributed by atoms with E-state index >= 15 is 0 Å². The van der Waals surface area contributed by atoms with Gasteiger partial charge in [0.25, 0.3) is 0 Å². The van der Waals surface area contributed by atoms with E-state index in [1.54, 1.807) is 24.9 Å². The van der Waals surface area contributed by atoms with E-state index in [2.05, 4.69) is 156 Å². The van der Waals surface area contributed by atoms with Crippen LogP contribution >= 0.6 is 0 Å². The number of oxazole rings is 2. The van der Waals surface area contributed by atoms with E-state index in [0.29, 0.717) is 11.8 Å². The van der Waals surface area contributed by atoms with Gasteiger partial charge in [0, 0.05) is 11.1 Å². The van der Waals surface area contributed by atoms with Crippen LogP contribution in [0.15, 0.2) is 191 Å². The average molecular weight is 667 g/mol. The first kappa shape index (κ1) is 29.8. The van der Waals surface area contributed by atoms with Crippen LogP contribution in [0.4, 0.5) is 0 Å². The number of nitrogens with zero attached hydrogens (tertiary/aromatic N) is 2. The van der Waals surface area contributed by atoms with Crippen LogP contribution in [0.1, 0.15) is 0 Å². The smallest absolute Gasteiger partial charge is 0.225 e. The Kier molecular flexibility index (Phi) is 7.10. The molecule has 0 atom stereocenters. The molecule has 10 aromatic rings. The molecule has 0 saturated heterocycles. The van der Waals surface area contributed by atoms with Gasteiger partial charge in [-0.1, -0.05) is 127 Å². The van der Waals surface area contributed by atoms with E-state index in [0.717, 1.165) is 44.2 Å². The average Bonchev–Trinajstić information content (AvgIpc) is 3.96. The van der Waals surface area contributed by atoms with Gasteiger partial charge in [-0.25, -0.2) is 9.97 Å². The van der Waals surface area contributed by atoms with Crippen molar-refractivity contribution in [1.82, 2.24) is 9.97 Å². The molecule has 4 nitrogen and oxygen atoms in total. The van der Waals surface area contributed by atoms with Crippen LogP contribution in [0.2, 0.25) is 0 Å². The Morgan fingerprint density at radius 3 is 1.46 bits per heavy atom. The molecule has 0 N–H and O–H groups in total. The summed E-state index contributed by atoms with van der Waals surface area (Å²) in [6.45, 7) is 0. The maximum atomic E-state index is 5.72. The lowest BCUT2D eigenvalue weighted by Crippen LogP contribution is -1.92. The van der Waals surface area contributed by atoms with Crippen molar-refractivity contribution in [3.8, 4) is 67.4 Å². The van der Waals surface area contributed by atoms with Crippen LogP contribution in [-0.4, -0.2) is 9.97 Å². The predicted octanol–water partition coefficient (Wildman–Crippen LogP) is 13.1. The van der Waals surface area contributed by atoms with Crippen molar-refractivity contribution in [2.75, 3.05) is 0 Å². The molecule has 10 rings (SSSR count). The summed E-state index contributed by atoms with van der Waals surface area (Å²) in [6, 6.07) is 56.6. The molecule has 0 bridgehead atoms. The second-order valence-corrected chi connectivity index (χ2v) is 13.0. The summed E-state index contributed by atoms with van der Waals surface area (Å²) in [7, 11) is 0. The number of hydrogen-bond acceptors (Lipinski definition) is 4. The summed E-state index contributed by atoms with van der Waals surface area (Å²) >= 11 is 0. The molecule has 2 heterocycles. The maximum Gasteiger partial charge on any atom is 0.225 e. The summed E-state index contributed by atoms with van der Waals surface area (Å²) in [5.41, 5.74) is 11.1. The molecule has 52 heavy (non-hydrogen) atoms. The molecule has 4 heteroatoms. The van der Waals surface area contributed by atoms with Gasteiger partial charge in [-0.15, -0.1) is 0 Å².